The second-order valence-corrected chi connectivity index (χ2v) is 8.25. The Hall–Kier alpha value is -2.79. The molecule has 8 heteroatoms. The molecule has 2 aromatic carbocycles. The first-order chi connectivity index (χ1) is 14.5. The van der Waals surface area contributed by atoms with E-state index in [0.717, 1.165) is 16.1 Å². The Morgan fingerprint density at radius 3 is 2.40 bits per heavy atom. The first-order valence-corrected chi connectivity index (χ1v) is 10.7. The van der Waals surface area contributed by atoms with Gasteiger partial charge in [-0.15, -0.1) is 11.3 Å². The molecule has 1 aromatic heterocycles. The van der Waals surface area contributed by atoms with E-state index in [9.17, 15) is 14.4 Å². The molecule has 0 spiro atoms. The van der Waals surface area contributed by atoms with Gasteiger partial charge >= 0.3 is 0 Å². The maximum Gasteiger partial charge on any atom is 0.273 e. The molecule has 4 rings (SSSR count). The van der Waals surface area contributed by atoms with Crippen molar-refractivity contribution in [1.82, 2.24) is 14.8 Å². The minimum atomic E-state index is -0.460. The summed E-state index contributed by atoms with van der Waals surface area (Å²) in [7, 11) is 0. The van der Waals surface area contributed by atoms with Gasteiger partial charge in [0.25, 0.3) is 5.91 Å². The molecular weight excluding hydrogens is 423 g/mol. The Labute approximate surface area is 182 Å². The molecule has 1 atom stereocenters. The van der Waals surface area contributed by atoms with E-state index in [2.05, 4.69) is 11.1 Å². The molecule has 1 saturated heterocycles. The number of rotatable bonds is 4. The number of nitrogens with zero attached hydrogens (tertiary/aromatic N) is 4. The van der Waals surface area contributed by atoms with Crippen molar-refractivity contribution < 1.29 is 9.18 Å². The van der Waals surface area contributed by atoms with Crippen molar-refractivity contribution >= 4 is 28.8 Å². The van der Waals surface area contributed by atoms with Gasteiger partial charge in [0, 0.05) is 42.1 Å². The van der Waals surface area contributed by atoms with Crippen LogP contribution in [0.15, 0.2) is 53.9 Å². The van der Waals surface area contributed by atoms with Gasteiger partial charge in [0.1, 0.15) is 22.6 Å². The molecule has 0 saturated carbocycles. The van der Waals surface area contributed by atoms with Gasteiger partial charge in [-0.05, 0) is 29.8 Å². The fraction of sp³-hybridized carbons (Fsp3) is 0.227. The lowest BCUT2D eigenvalue weighted by atomic mass is 10.1. The van der Waals surface area contributed by atoms with E-state index in [1.807, 2.05) is 17.0 Å². The van der Waals surface area contributed by atoms with Crippen LogP contribution in [-0.2, 0) is 0 Å². The molecule has 1 aliphatic rings. The van der Waals surface area contributed by atoms with Gasteiger partial charge in [0.15, 0.2) is 0 Å². The minimum Gasteiger partial charge on any atom is -0.335 e. The molecule has 5 nitrogen and oxygen atoms in total. The molecule has 1 aliphatic heterocycles. The maximum absolute atomic E-state index is 13.2. The van der Waals surface area contributed by atoms with Crippen molar-refractivity contribution in [3.63, 3.8) is 0 Å². The van der Waals surface area contributed by atoms with Crippen molar-refractivity contribution in [2.45, 2.75) is 6.04 Å². The number of carbonyl (C=O) groups excluding carboxylic acids is 1. The summed E-state index contributed by atoms with van der Waals surface area (Å²) in [6.45, 7) is 2.14. The maximum atomic E-state index is 13.2. The number of benzene rings is 2. The smallest absolute Gasteiger partial charge is 0.273 e. The predicted octanol–water partition coefficient (Wildman–Crippen LogP) is 4.63. The molecule has 0 aliphatic carbocycles. The largest absolute Gasteiger partial charge is 0.335 e. The molecule has 152 valence electrons. The van der Waals surface area contributed by atoms with E-state index in [0.29, 0.717) is 36.9 Å². The summed E-state index contributed by atoms with van der Waals surface area (Å²) < 4.78 is 13.2. The third-order valence-corrected chi connectivity index (χ3v) is 6.23. The van der Waals surface area contributed by atoms with Crippen molar-refractivity contribution in [2.75, 3.05) is 26.2 Å². The Morgan fingerprint density at radius 1 is 1.10 bits per heavy atom. The number of hydrogen-bond donors (Lipinski definition) is 0. The van der Waals surface area contributed by atoms with Crippen LogP contribution in [0.2, 0.25) is 5.02 Å². The number of carbonyl (C=O) groups is 1. The van der Waals surface area contributed by atoms with Crippen LogP contribution in [0.3, 0.4) is 0 Å². The molecule has 30 heavy (non-hydrogen) atoms. The van der Waals surface area contributed by atoms with Crippen LogP contribution in [0.25, 0.3) is 10.6 Å². The van der Waals surface area contributed by atoms with E-state index in [4.69, 9.17) is 11.6 Å². The molecule has 1 fully saturated rings. The van der Waals surface area contributed by atoms with Crippen molar-refractivity contribution in [1.29, 1.82) is 5.26 Å². The van der Waals surface area contributed by atoms with Gasteiger partial charge in [-0.1, -0.05) is 35.9 Å². The quantitative estimate of drug-likeness (QED) is 0.593. The fourth-order valence-electron chi connectivity index (χ4n) is 3.45. The Kier molecular flexibility index (Phi) is 6.09. The van der Waals surface area contributed by atoms with Gasteiger partial charge in [-0.2, -0.15) is 5.26 Å². The predicted molar refractivity (Wildman–Crippen MR) is 115 cm³/mol. The lowest BCUT2D eigenvalue weighted by Crippen LogP contribution is -2.49. The summed E-state index contributed by atoms with van der Waals surface area (Å²) in [6, 6.07) is 15.2. The van der Waals surface area contributed by atoms with Crippen LogP contribution in [0.4, 0.5) is 4.39 Å². The summed E-state index contributed by atoms with van der Waals surface area (Å²) >= 11 is 7.35. The van der Waals surface area contributed by atoms with E-state index in [1.165, 1.54) is 23.5 Å². The van der Waals surface area contributed by atoms with Crippen LogP contribution < -0.4 is 0 Å². The highest BCUT2D eigenvalue weighted by Crippen LogP contribution is 2.26. The normalized spacial score (nSPS) is 15.6. The monoisotopic (exact) mass is 440 g/mol. The number of hydrogen-bond acceptors (Lipinski definition) is 5. The zero-order valence-corrected chi connectivity index (χ0v) is 17.5. The zero-order chi connectivity index (χ0) is 21.1. The number of aromatic nitrogens is 1. The van der Waals surface area contributed by atoms with Crippen molar-refractivity contribution in [3.8, 4) is 16.6 Å². The van der Waals surface area contributed by atoms with Crippen molar-refractivity contribution in [3.05, 3.63) is 76.0 Å². The van der Waals surface area contributed by atoms with Crippen LogP contribution in [-0.4, -0.2) is 46.9 Å². The van der Waals surface area contributed by atoms with Crippen LogP contribution >= 0.6 is 22.9 Å². The summed E-state index contributed by atoms with van der Waals surface area (Å²) in [5.41, 5.74) is 2.10. The molecule has 1 amide bonds. The Bertz CT molecular complexity index is 1070. The molecule has 2 heterocycles. The van der Waals surface area contributed by atoms with Gasteiger partial charge in [-0.25, -0.2) is 9.37 Å². The Balaban J connectivity index is 1.40. The lowest BCUT2D eigenvalue weighted by molar-refractivity contribution is 0.0601. The summed E-state index contributed by atoms with van der Waals surface area (Å²) in [5.74, 6) is -0.437. The molecule has 0 radical (unpaired) electrons. The molecule has 3 aromatic rings. The first kappa shape index (κ1) is 20.5. The van der Waals surface area contributed by atoms with Crippen molar-refractivity contribution in [2.24, 2.45) is 0 Å². The zero-order valence-electron chi connectivity index (χ0n) is 16.0. The summed E-state index contributed by atoms with van der Waals surface area (Å²) in [5, 5.41) is 12.8. The van der Waals surface area contributed by atoms with Gasteiger partial charge in [0.05, 0.1) is 6.07 Å². The molecule has 0 bridgehead atoms. The highest BCUT2D eigenvalue weighted by Gasteiger charge is 2.28. The van der Waals surface area contributed by atoms with Gasteiger partial charge < -0.3 is 4.90 Å². The van der Waals surface area contributed by atoms with E-state index < -0.39 is 6.04 Å². The average molecular weight is 441 g/mol. The van der Waals surface area contributed by atoms with Crippen LogP contribution in [0, 0.1) is 17.1 Å². The number of piperazine rings is 1. The lowest BCUT2D eigenvalue weighted by Gasteiger charge is -2.36. The SMILES string of the molecule is N#C[C@H](c1ccc(F)cc1)N1CCN(C(=O)c2csc(-c3ccc(Cl)cc3)n2)CC1. The van der Waals surface area contributed by atoms with Crippen LogP contribution in [0.1, 0.15) is 22.1 Å². The Morgan fingerprint density at radius 2 is 1.77 bits per heavy atom. The van der Waals surface area contributed by atoms with Gasteiger partial charge in [-0.3, -0.25) is 9.69 Å². The molecule has 0 N–H and O–H groups in total. The highest BCUT2D eigenvalue weighted by molar-refractivity contribution is 7.13. The molecule has 0 unspecified atom stereocenters. The number of thiazole rings is 1. The number of halogens is 2. The third kappa shape index (κ3) is 4.36. The number of nitriles is 1. The molecular formula is C22H18ClFN4OS. The first-order valence-electron chi connectivity index (χ1n) is 9.45. The topological polar surface area (TPSA) is 60.2 Å². The second-order valence-electron chi connectivity index (χ2n) is 6.96. The summed E-state index contributed by atoms with van der Waals surface area (Å²) in [4.78, 5) is 21.1. The number of amides is 1. The van der Waals surface area contributed by atoms with Crippen LogP contribution in [0.5, 0.6) is 0 Å². The average Bonchev–Trinajstić information content (AvgIpc) is 3.26. The minimum absolute atomic E-state index is 0.110. The summed E-state index contributed by atoms with van der Waals surface area (Å²) in [6.07, 6.45) is 0. The van der Waals surface area contributed by atoms with Gasteiger partial charge in [0.2, 0.25) is 0 Å². The standard InChI is InChI=1S/C22H18ClFN4OS/c23-17-5-1-16(2-6-17)21-26-19(14-30-21)22(29)28-11-9-27(10-12-28)20(13-25)15-3-7-18(24)8-4-15/h1-8,14,20H,9-12H2/t20-/m1/s1. The second kappa shape index (κ2) is 8.92. The van der Waals surface area contributed by atoms with E-state index in [-0.39, 0.29) is 11.7 Å². The van der Waals surface area contributed by atoms with E-state index in [1.54, 1.807) is 34.5 Å². The third-order valence-electron chi connectivity index (χ3n) is 5.09. The van der Waals surface area contributed by atoms with E-state index >= 15 is 0 Å². The fourth-order valence-corrected chi connectivity index (χ4v) is 4.38. The highest BCUT2D eigenvalue weighted by atomic mass is 35.5.